The van der Waals surface area contributed by atoms with E-state index in [9.17, 15) is 0 Å². The Hall–Kier alpha value is -0.0900. The third-order valence-electron chi connectivity index (χ3n) is 3.92. The van der Waals surface area contributed by atoms with Gasteiger partial charge in [-0.3, -0.25) is 4.90 Å². The number of hydrogen-bond acceptors (Lipinski definition) is 2. The molecule has 0 spiro atoms. The summed E-state index contributed by atoms with van der Waals surface area (Å²) >= 11 is 9.64. The third-order valence-corrected chi connectivity index (χ3v) is 4.84. The molecule has 19 heavy (non-hydrogen) atoms. The molecular formula is C15H22BrClN2. The largest absolute Gasteiger partial charge is 0.329 e. The minimum Gasteiger partial charge on any atom is -0.329 e. The summed E-state index contributed by atoms with van der Waals surface area (Å²) in [6.45, 7) is 7.54. The predicted molar refractivity (Wildman–Crippen MR) is 85.5 cm³/mol. The van der Waals surface area contributed by atoms with E-state index in [-0.39, 0.29) is 6.04 Å². The molecule has 0 bridgehead atoms. The molecule has 2 nitrogen and oxygen atoms in total. The van der Waals surface area contributed by atoms with Crippen molar-refractivity contribution in [1.29, 1.82) is 0 Å². The Morgan fingerprint density at radius 1 is 1.47 bits per heavy atom. The number of piperidine rings is 1. The molecule has 0 radical (unpaired) electrons. The molecule has 1 aliphatic rings. The van der Waals surface area contributed by atoms with Crippen molar-refractivity contribution in [3.05, 3.63) is 33.3 Å². The lowest BCUT2D eigenvalue weighted by atomic mass is 9.83. The SMILES string of the molecule is CC1(C)CCCN(C(CN)c2ccc(Cl)cc2Br)C1. The quantitative estimate of drug-likeness (QED) is 0.888. The first-order valence-corrected chi connectivity index (χ1v) is 7.99. The van der Waals surface area contributed by atoms with E-state index in [0.717, 1.165) is 22.6 Å². The van der Waals surface area contributed by atoms with E-state index in [0.29, 0.717) is 12.0 Å². The van der Waals surface area contributed by atoms with Gasteiger partial charge in [-0.05, 0) is 42.5 Å². The van der Waals surface area contributed by atoms with Crippen molar-refractivity contribution in [2.75, 3.05) is 19.6 Å². The molecule has 1 aromatic carbocycles. The molecule has 1 atom stereocenters. The molecule has 2 N–H and O–H groups in total. The number of nitrogens with two attached hydrogens (primary N) is 1. The van der Waals surface area contributed by atoms with E-state index >= 15 is 0 Å². The van der Waals surface area contributed by atoms with Crippen LogP contribution in [0.1, 0.15) is 38.3 Å². The van der Waals surface area contributed by atoms with Gasteiger partial charge in [0.1, 0.15) is 0 Å². The van der Waals surface area contributed by atoms with E-state index in [1.807, 2.05) is 12.1 Å². The number of hydrogen-bond donors (Lipinski definition) is 1. The zero-order valence-electron chi connectivity index (χ0n) is 11.6. The average Bonchev–Trinajstić information content (AvgIpc) is 2.31. The van der Waals surface area contributed by atoms with Gasteiger partial charge < -0.3 is 5.73 Å². The normalized spacial score (nSPS) is 21.3. The van der Waals surface area contributed by atoms with Crippen molar-refractivity contribution < 1.29 is 0 Å². The molecule has 106 valence electrons. The maximum Gasteiger partial charge on any atom is 0.0481 e. The number of nitrogens with zero attached hydrogens (tertiary/aromatic N) is 1. The van der Waals surface area contributed by atoms with Gasteiger partial charge in [-0.15, -0.1) is 0 Å². The zero-order valence-corrected chi connectivity index (χ0v) is 14.0. The molecule has 1 aliphatic heterocycles. The summed E-state index contributed by atoms with van der Waals surface area (Å²) in [5, 5.41) is 0.755. The van der Waals surface area contributed by atoms with E-state index in [1.54, 1.807) is 0 Å². The van der Waals surface area contributed by atoms with E-state index in [4.69, 9.17) is 17.3 Å². The van der Waals surface area contributed by atoms with Crippen LogP contribution in [0.5, 0.6) is 0 Å². The number of likely N-dealkylation sites (tertiary alicyclic amines) is 1. The van der Waals surface area contributed by atoms with Crippen LogP contribution in [-0.2, 0) is 0 Å². The predicted octanol–water partition coefficient (Wildman–Crippen LogP) is 4.22. The third kappa shape index (κ3) is 3.72. The fourth-order valence-corrected chi connectivity index (χ4v) is 3.93. The highest BCUT2D eigenvalue weighted by Crippen LogP contribution is 2.36. The van der Waals surface area contributed by atoms with Gasteiger partial charge >= 0.3 is 0 Å². The molecule has 0 aromatic heterocycles. The van der Waals surface area contributed by atoms with Crippen LogP contribution in [0.25, 0.3) is 0 Å². The van der Waals surface area contributed by atoms with Gasteiger partial charge in [0.15, 0.2) is 0 Å². The summed E-state index contributed by atoms with van der Waals surface area (Å²) in [6, 6.07) is 6.26. The minimum absolute atomic E-state index is 0.270. The Bertz CT molecular complexity index is 448. The molecular weight excluding hydrogens is 324 g/mol. The van der Waals surface area contributed by atoms with Crippen molar-refractivity contribution in [3.63, 3.8) is 0 Å². The van der Waals surface area contributed by atoms with Crippen LogP contribution in [0, 0.1) is 5.41 Å². The van der Waals surface area contributed by atoms with Crippen LogP contribution >= 0.6 is 27.5 Å². The first kappa shape index (κ1) is 15.3. The van der Waals surface area contributed by atoms with Gasteiger partial charge in [-0.2, -0.15) is 0 Å². The van der Waals surface area contributed by atoms with E-state index < -0.39 is 0 Å². The molecule has 0 amide bonds. The second-order valence-electron chi connectivity index (χ2n) is 6.16. The van der Waals surface area contributed by atoms with Crippen LogP contribution < -0.4 is 5.73 Å². The first-order valence-electron chi connectivity index (χ1n) is 6.82. The lowest BCUT2D eigenvalue weighted by Gasteiger charge is -2.42. The standard InChI is InChI=1S/C15H22BrClN2/c1-15(2)6-3-7-19(10-15)14(9-18)12-5-4-11(17)8-13(12)16/h4-5,8,14H,3,6-7,9-10,18H2,1-2H3. The minimum atomic E-state index is 0.270. The molecule has 1 saturated heterocycles. The molecule has 1 unspecified atom stereocenters. The fraction of sp³-hybridized carbons (Fsp3) is 0.600. The van der Waals surface area contributed by atoms with E-state index in [1.165, 1.54) is 18.4 Å². The highest BCUT2D eigenvalue weighted by Gasteiger charge is 2.31. The van der Waals surface area contributed by atoms with E-state index in [2.05, 4.69) is 40.7 Å². The van der Waals surface area contributed by atoms with Gasteiger partial charge in [-0.25, -0.2) is 0 Å². The van der Waals surface area contributed by atoms with Crippen molar-refractivity contribution in [2.24, 2.45) is 11.1 Å². The van der Waals surface area contributed by atoms with Crippen LogP contribution in [0.4, 0.5) is 0 Å². The average molecular weight is 346 g/mol. The monoisotopic (exact) mass is 344 g/mol. The summed E-state index contributed by atoms with van der Waals surface area (Å²) in [6.07, 6.45) is 2.54. The summed E-state index contributed by atoms with van der Waals surface area (Å²) in [5.41, 5.74) is 7.66. The Balaban J connectivity index is 2.24. The van der Waals surface area contributed by atoms with Gasteiger partial charge in [0.05, 0.1) is 0 Å². The van der Waals surface area contributed by atoms with Crippen molar-refractivity contribution in [3.8, 4) is 0 Å². The molecule has 1 heterocycles. The highest BCUT2D eigenvalue weighted by molar-refractivity contribution is 9.10. The first-order chi connectivity index (χ1) is 8.93. The number of rotatable bonds is 3. The Morgan fingerprint density at radius 3 is 2.79 bits per heavy atom. The van der Waals surface area contributed by atoms with Crippen LogP contribution in [0.2, 0.25) is 5.02 Å². The molecule has 0 aliphatic carbocycles. The van der Waals surface area contributed by atoms with Crippen LogP contribution in [0.15, 0.2) is 22.7 Å². The maximum atomic E-state index is 6.04. The fourth-order valence-electron chi connectivity index (χ4n) is 2.98. The Morgan fingerprint density at radius 2 is 2.21 bits per heavy atom. The summed E-state index contributed by atoms with van der Waals surface area (Å²) < 4.78 is 1.05. The Kier molecular flexibility index (Phi) is 4.93. The van der Waals surface area contributed by atoms with Crippen molar-refractivity contribution >= 4 is 27.5 Å². The van der Waals surface area contributed by atoms with Gasteiger partial charge in [0.2, 0.25) is 0 Å². The van der Waals surface area contributed by atoms with Gasteiger partial charge in [-0.1, -0.05) is 47.4 Å². The lowest BCUT2D eigenvalue weighted by molar-refractivity contribution is 0.0804. The zero-order chi connectivity index (χ0) is 14.0. The van der Waals surface area contributed by atoms with Crippen molar-refractivity contribution in [2.45, 2.75) is 32.7 Å². The molecule has 1 aromatic rings. The van der Waals surface area contributed by atoms with Gasteiger partial charge in [0, 0.05) is 28.6 Å². The number of halogens is 2. The summed E-state index contributed by atoms with van der Waals surface area (Å²) in [5.74, 6) is 0. The number of benzene rings is 1. The maximum absolute atomic E-state index is 6.04. The van der Waals surface area contributed by atoms with Crippen LogP contribution in [-0.4, -0.2) is 24.5 Å². The second kappa shape index (κ2) is 6.13. The Labute approximate surface area is 129 Å². The summed E-state index contributed by atoms with van der Waals surface area (Å²) in [4.78, 5) is 2.51. The smallest absolute Gasteiger partial charge is 0.0481 e. The summed E-state index contributed by atoms with van der Waals surface area (Å²) in [7, 11) is 0. The van der Waals surface area contributed by atoms with Gasteiger partial charge in [0.25, 0.3) is 0 Å². The topological polar surface area (TPSA) is 29.3 Å². The lowest BCUT2D eigenvalue weighted by Crippen LogP contribution is -2.44. The molecule has 2 rings (SSSR count). The van der Waals surface area contributed by atoms with Crippen LogP contribution in [0.3, 0.4) is 0 Å². The molecule has 1 fully saturated rings. The molecule has 4 heteroatoms. The highest BCUT2D eigenvalue weighted by atomic mass is 79.9. The van der Waals surface area contributed by atoms with Crippen molar-refractivity contribution in [1.82, 2.24) is 4.90 Å². The molecule has 0 saturated carbocycles. The second-order valence-corrected chi connectivity index (χ2v) is 7.45.